The summed E-state index contributed by atoms with van der Waals surface area (Å²) in [6.45, 7) is 10.7. The number of carbonyl (C=O) groups excluding carboxylic acids is 1. The Hall–Kier alpha value is -2.14. The number of para-hydroxylation sites is 1. The summed E-state index contributed by atoms with van der Waals surface area (Å²) in [5.74, 6) is 0.0460. The second-order valence-corrected chi connectivity index (χ2v) is 7.98. The molecule has 1 aliphatic rings. The predicted octanol–water partition coefficient (Wildman–Crippen LogP) is 2.65. The van der Waals surface area contributed by atoms with Crippen LogP contribution in [0, 0.1) is 19.3 Å². The largest absolute Gasteiger partial charge is 0.388 e. The van der Waals surface area contributed by atoms with Crippen LogP contribution in [0.25, 0.3) is 5.69 Å². The smallest absolute Gasteiger partial charge is 0.227 e. The number of nitrogens with zero attached hydrogens (tertiary/aromatic N) is 3. The van der Waals surface area contributed by atoms with Gasteiger partial charge < -0.3 is 10.0 Å². The molecular formula is C20H27N3O2. The first-order valence-electron chi connectivity index (χ1n) is 8.73. The number of aliphatic hydroxyl groups is 1. The van der Waals surface area contributed by atoms with Crippen LogP contribution in [0.4, 0.5) is 0 Å². The minimum absolute atomic E-state index is 0.0460. The average molecular weight is 341 g/mol. The van der Waals surface area contributed by atoms with Crippen LogP contribution in [0.15, 0.2) is 30.3 Å². The highest BCUT2D eigenvalue weighted by molar-refractivity contribution is 5.80. The standard InChI is InChI=1S/C20H27N3O2/c1-14-17(15(2)23(21-14)16-9-7-6-8-10-16)11-18(24)22-12-19(3,4)20(5,25)13-22/h6-10,25H,11-13H2,1-5H3. The minimum Gasteiger partial charge on any atom is -0.388 e. The van der Waals surface area contributed by atoms with Crippen molar-refractivity contribution in [3.63, 3.8) is 0 Å². The summed E-state index contributed by atoms with van der Waals surface area (Å²) < 4.78 is 1.89. The van der Waals surface area contributed by atoms with E-state index >= 15 is 0 Å². The summed E-state index contributed by atoms with van der Waals surface area (Å²) >= 11 is 0. The van der Waals surface area contributed by atoms with Gasteiger partial charge in [-0.3, -0.25) is 4.79 Å². The SMILES string of the molecule is Cc1nn(-c2ccccc2)c(C)c1CC(=O)N1CC(C)(C)C(C)(O)C1. The van der Waals surface area contributed by atoms with Crippen molar-refractivity contribution < 1.29 is 9.90 Å². The average Bonchev–Trinajstić information content (AvgIpc) is 2.94. The molecule has 3 rings (SSSR count). The molecule has 134 valence electrons. The number of hydrogen-bond acceptors (Lipinski definition) is 3. The van der Waals surface area contributed by atoms with E-state index < -0.39 is 5.60 Å². The van der Waals surface area contributed by atoms with Crippen molar-refractivity contribution in [2.24, 2.45) is 5.41 Å². The number of β-amino-alcohol motifs (C(OH)–C–C–N with tert-alkyl or cyclic N) is 1. The monoisotopic (exact) mass is 341 g/mol. The second-order valence-electron chi connectivity index (χ2n) is 7.98. The van der Waals surface area contributed by atoms with Crippen molar-refractivity contribution in [2.75, 3.05) is 13.1 Å². The molecule has 1 N–H and O–H groups in total. The van der Waals surface area contributed by atoms with E-state index in [1.54, 1.807) is 4.90 Å². The normalized spacial score (nSPS) is 22.4. The van der Waals surface area contributed by atoms with Gasteiger partial charge in [-0.2, -0.15) is 5.10 Å². The topological polar surface area (TPSA) is 58.4 Å². The molecule has 2 aromatic rings. The number of aromatic nitrogens is 2. The van der Waals surface area contributed by atoms with Gasteiger partial charge in [0.2, 0.25) is 5.91 Å². The second kappa shape index (κ2) is 5.99. The maximum Gasteiger partial charge on any atom is 0.227 e. The molecular weight excluding hydrogens is 314 g/mol. The first-order chi connectivity index (χ1) is 11.6. The van der Waals surface area contributed by atoms with Gasteiger partial charge in [-0.1, -0.05) is 32.0 Å². The number of rotatable bonds is 3. The van der Waals surface area contributed by atoms with Gasteiger partial charge in [-0.25, -0.2) is 4.68 Å². The van der Waals surface area contributed by atoms with Gasteiger partial charge in [0.05, 0.1) is 23.4 Å². The van der Waals surface area contributed by atoms with Crippen LogP contribution in [0.5, 0.6) is 0 Å². The number of hydrogen-bond donors (Lipinski definition) is 1. The molecule has 1 saturated heterocycles. The van der Waals surface area contributed by atoms with Gasteiger partial charge in [-0.15, -0.1) is 0 Å². The number of amides is 1. The number of benzene rings is 1. The molecule has 1 unspecified atom stereocenters. The molecule has 0 bridgehead atoms. The van der Waals surface area contributed by atoms with E-state index in [1.165, 1.54) is 0 Å². The van der Waals surface area contributed by atoms with E-state index in [-0.39, 0.29) is 11.3 Å². The van der Waals surface area contributed by atoms with Gasteiger partial charge >= 0.3 is 0 Å². The summed E-state index contributed by atoms with van der Waals surface area (Å²) in [6, 6.07) is 9.94. The van der Waals surface area contributed by atoms with Crippen LogP contribution in [0.2, 0.25) is 0 Å². The number of likely N-dealkylation sites (tertiary alicyclic amines) is 1. The van der Waals surface area contributed by atoms with Crippen LogP contribution in [-0.4, -0.2) is 44.4 Å². The Bertz CT molecular complexity index is 775. The molecule has 5 nitrogen and oxygen atoms in total. The summed E-state index contributed by atoms with van der Waals surface area (Å²) in [5, 5.41) is 15.2. The number of carbonyl (C=O) groups is 1. The van der Waals surface area contributed by atoms with Crippen LogP contribution in [0.1, 0.15) is 37.7 Å². The Morgan fingerprint density at radius 3 is 2.36 bits per heavy atom. The molecule has 5 heteroatoms. The maximum absolute atomic E-state index is 12.8. The third-order valence-corrected chi connectivity index (χ3v) is 5.67. The third kappa shape index (κ3) is 3.09. The molecule has 1 amide bonds. The highest BCUT2D eigenvalue weighted by Crippen LogP contribution is 2.38. The van der Waals surface area contributed by atoms with Crippen molar-refractivity contribution >= 4 is 5.91 Å². The molecule has 1 aromatic carbocycles. The van der Waals surface area contributed by atoms with E-state index in [4.69, 9.17) is 0 Å². The van der Waals surface area contributed by atoms with Gasteiger partial charge in [-0.05, 0) is 32.9 Å². The summed E-state index contributed by atoms with van der Waals surface area (Å²) in [5.41, 5.74) is 2.66. The van der Waals surface area contributed by atoms with Crippen molar-refractivity contribution in [3.8, 4) is 5.69 Å². The van der Waals surface area contributed by atoms with Crippen molar-refractivity contribution in [1.29, 1.82) is 0 Å². The third-order valence-electron chi connectivity index (χ3n) is 5.67. The van der Waals surface area contributed by atoms with Crippen LogP contribution >= 0.6 is 0 Å². The fourth-order valence-corrected chi connectivity index (χ4v) is 3.48. The van der Waals surface area contributed by atoms with Crippen molar-refractivity contribution in [1.82, 2.24) is 14.7 Å². The summed E-state index contributed by atoms with van der Waals surface area (Å²) in [6.07, 6.45) is 0.316. The lowest BCUT2D eigenvalue weighted by Gasteiger charge is -2.30. The first-order valence-corrected chi connectivity index (χ1v) is 8.73. The Balaban J connectivity index is 1.83. The first kappa shape index (κ1) is 17.7. The van der Waals surface area contributed by atoms with E-state index in [0.717, 1.165) is 22.6 Å². The van der Waals surface area contributed by atoms with E-state index in [2.05, 4.69) is 5.10 Å². The molecule has 1 atom stereocenters. The zero-order chi connectivity index (χ0) is 18.4. The Morgan fingerprint density at radius 2 is 1.80 bits per heavy atom. The zero-order valence-electron chi connectivity index (χ0n) is 15.7. The lowest BCUT2D eigenvalue weighted by molar-refractivity contribution is -0.130. The molecule has 1 aromatic heterocycles. The Labute approximate surface area is 149 Å². The molecule has 0 radical (unpaired) electrons. The molecule has 1 aliphatic heterocycles. The highest BCUT2D eigenvalue weighted by atomic mass is 16.3. The van der Waals surface area contributed by atoms with E-state index in [1.807, 2.05) is 69.6 Å². The lowest BCUT2D eigenvalue weighted by Crippen LogP contribution is -2.40. The van der Waals surface area contributed by atoms with Gasteiger partial charge in [0.1, 0.15) is 0 Å². The van der Waals surface area contributed by atoms with Gasteiger partial charge in [0, 0.05) is 29.8 Å². The van der Waals surface area contributed by atoms with Crippen molar-refractivity contribution in [3.05, 3.63) is 47.3 Å². The van der Waals surface area contributed by atoms with Gasteiger partial charge in [0.15, 0.2) is 0 Å². The zero-order valence-corrected chi connectivity index (χ0v) is 15.7. The minimum atomic E-state index is -0.860. The molecule has 25 heavy (non-hydrogen) atoms. The predicted molar refractivity (Wildman–Crippen MR) is 97.7 cm³/mol. The van der Waals surface area contributed by atoms with Crippen molar-refractivity contribution in [2.45, 2.75) is 46.6 Å². The molecule has 0 saturated carbocycles. The Morgan fingerprint density at radius 1 is 1.16 bits per heavy atom. The quantitative estimate of drug-likeness (QED) is 0.934. The molecule has 0 spiro atoms. The van der Waals surface area contributed by atoms with E-state index in [9.17, 15) is 9.90 Å². The van der Waals surface area contributed by atoms with Crippen LogP contribution in [0.3, 0.4) is 0 Å². The summed E-state index contributed by atoms with van der Waals surface area (Å²) in [4.78, 5) is 14.6. The maximum atomic E-state index is 12.8. The molecule has 0 aliphatic carbocycles. The number of aryl methyl sites for hydroxylation is 1. The van der Waals surface area contributed by atoms with Crippen LogP contribution in [-0.2, 0) is 11.2 Å². The fourth-order valence-electron chi connectivity index (χ4n) is 3.48. The summed E-state index contributed by atoms with van der Waals surface area (Å²) in [7, 11) is 0. The van der Waals surface area contributed by atoms with Crippen LogP contribution < -0.4 is 0 Å². The molecule has 2 heterocycles. The molecule has 1 fully saturated rings. The highest BCUT2D eigenvalue weighted by Gasteiger charge is 2.49. The Kier molecular flexibility index (Phi) is 4.23. The lowest BCUT2D eigenvalue weighted by atomic mass is 9.79. The van der Waals surface area contributed by atoms with Gasteiger partial charge in [0.25, 0.3) is 0 Å². The van der Waals surface area contributed by atoms with E-state index in [0.29, 0.717) is 19.5 Å². The fraction of sp³-hybridized carbons (Fsp3) is 0.500.